The molecule has 10 rings (SSSR count). The summed E-state index contributed by atoms with van der Waals surface area (Å²) in [6.45, 7) is 2.60. The second-order valence-corrected chi connectivity index (χ2v) is 12.3. The third-order valence-corrected chi connectivity index (χ3v) is 9.72. The molecule has 0 spiro atoms. The molecule has 0 unspecified atom stereocenters. The van der Waals surface area contributed by atoms with Crippen LogP contribution in [-0.4, -0.2) is 21.6 Å². The standard InChI is InChI=1S/C43H30N4O/c1-2-3-22-39-33-26-44-43(45-41(33)32-18-8-11-23-38(32)48-39)47-35-19-9-6-16-29(35)30-24-25-37-40(42(30)47)31-17-7-10-20-36(31)46(37)34-21-12-14-27-13-4-5-15-28(27)34/h2-25H,26H2,1H3,(H,44,45)/b3-2-,39-22+. The lowest BCUT2D eigenvalue weighted by Crippen LogP contribution is -2.36. The molecule has 5 nitrogen and oxygen atoms in total. The molecule has 1 N–H and O–H groups in total. The van der Waals surface area contributed by atoms with Crippen molar-refractivity contribution in [2.24, 2.45) is 4.99 Å². The zero-order valence-corrected chi connectivity index (χ0v) is 26.3. The number of nitrogens with one attached hydrogen (secondary N) is 1. The van der Waals surface area contributed by atoms with Crippen molar-refractivity contribution < 1.29 is 4.74 Å². The van der Waals surface area contributed by atoms with Gasteiger partial charge in [0.2, 0.25) is 5.96 Å². The van der Waals surface area contributed by atoms with Gasteiger partial charge in [0.1, 0.15) is 11.5 Å². The molecule has 0 radical (unpaired) electrons. The van der Waals surface area contributed by atoms with Crippen LogP contribution in [-0.2, 0) is 0 Å². The number of aromatic nitrogens is 2. The highest BCUT2D eigenvalue weighted by atomic mass is 16.5. The van der Waals surface area contributed by atoms with Crippen LogP contribution in [0.4, 0.5) is 0 Å². The number of rotatable bonds is 2. The molecule has 0 aliphatic carbocycles. The van der Waals surface area contributed by atoms with Crippen LogP contribution >= 0.6 is 0 Å². The van der Waals surface area contributed by atoms with Gasteiger partial charge in [0.25, 0.3) is 0 Å². The molecule has 2 aliphatic heterocycles. The minimum absolute atomic E-state index is 0.591. The molecule has 0 fully saturated rings. The van der Waals surface area contributed by atoms with Crippen LogP contribution in [0.15, 0.2) is 162 Å². The smallest absolute Gasteiger partial charge is 0.208 e. The number of nitrogens with zero attached hydrogens (tertiary/aromatic N) is 3. The zero-order chi connectivity index (χ0) is 31.8. The van der Waals surface area contributed by atoms with E-state index in [9.17, 15) is 0 Å². The van der Waals surface area contributed by atoms with Gasteiger partial charge in [-0.25, -0.2) is 4.99 Å². The highest BCUT2D eigenvalue weighted by Gasteiger charge is 2.30. The lowest BCUT2D eigenvalue weighted by atomic mass is 9.99. The van der Waals surface area contributed by atoms with E-state index in [2.05, 4.69) is 130 Å². The van der Waals surface area contributed by atoms with Gasteiger partial charge >= 0.3 is 0 Å². The second kappa shape index (κ2) is 10.3. The maximum absolute atomic E-state index is 6.38. The Hall–Kier alpha value is -6.33. The summed E-state index contributed by atoms with van der Waals surface area (Å²) in [7, 11) is 0. The van der Waals surface area contributed by atoms with Crippen LogP contribution in [0, 0.1) is 0 Å². The first kappa shape index (κ1) is 26.8. The zero-order valence-electron chi connectivity index (χ0n) is 26.3. The number of ether oxygens (including phenoxy) is 1. The average Bonchev–Trinajstić information content (AvgIpc) is 3.66. The molecule has 0 amide bonds. The Balaban J connectivity index is 1.32. The molecule has 0 atom stereocenters. The minimum atomic E-state index is 0.591. The molecule has 6 aromatic carbocycles. The molecule has 5 heteroatoms. The number of allylic oxidation sites excluding steroid dienone is 3. The second-order valence-electron chi connectivity index (χ2n) is 12.3. The summed E-state index contributed by atoms with van der Waals surface area (Å²) in [6, 6.07) is 45.4. The van der Waals surface area contributed by atoms with Gasteiger partial charge in [0.15, 0.2) is 0 Å². The van der Waals surface area contributed by atoms with Crippen molar-refractivity contribution in [2.45, 2.75) is 6.92 Å². The van der Waals surface area contributed by atoms with Gasteiger partial charge in [-0.15, -0.1) is 0 Å². The quantitative estimate of drug-likeness (QED) is 0.210. The summed E-state index contributed by atoms with van der Waals surface area (Å²) in [4.78, 5) is 5.44. The predicted octanol–water partition coefficient (Wildman–Crippen LogP) is 10.1. The molecule has 8 aromatic rings. The average molecular weight is 619 g/mol. The van der Waals surface area contributed by atoms with Gasteiger partial charge in [-0.1, -0.05) is 103 Å². The first-order valence-electron chi connectivity index (χ1n) is 16.4. The van der Waals surface area contributed by atoms with Gasteiger partial charge in [0.05, 0.1) is 33.5 Å². The summed E-state index contributed by atoms with van der Waals surface area (Å²) in [6.07, 6.45) is 6.06. The Morgan fingerprint density at radius 1 is 0.667 bits per heavy atom. The van der Waals surface area contributed by atoms with Crippen LogP contribution < -0.4 is 10.1 Å². The Labute approximate surface area is 277 Å². The molecular weight excluding hydrogens is 589 g/mol. The topological polar surface area (TPSA) is 43.5 Å². The molecule has 2 aliphatic rings. The fourth-order valence-electron chi connectivity index (χ4n) is 7.66. The van der Waals surface area contributed by atoms with Crippen LogP contribution in [0.1, 0.15) is 12.5 Å². The van der Waals surface area contributed by atoms with E-state index >= 15 is 0 Å². The molecule has 0 bridgehead atoms. The fourth-order valence-corrected chi connectivity index (χ4v) is 7.66. The fraction of sp³-hybridized carbons (Fsp3) is 0.0465. The van der Waals surface area contributed by atoms with Crippen molar-refractivity contribution in [3.8, 4) is 11.4 Å². The Kier molecular flexibility index (Phi) is 5.78. The van der Waals surface area contributed by atoms with Gasteiger partial charge in [-0.3, -0.25) is 4.57 Å². The van der Waals surface area contributed by atoms with E-state index < -0.39 is 0 Å². The van der Waals surface area contributed by atoms with Crippen molar-refractivity contribution in [2.75, 3.05) is 6.54 Å². The molecule has 228 valence electrons. The number of fused-ring (bicyclic) bond motifs is 10. The van der Waals surface area contributed by atoms with Crippen LogP contribution in [0.2, 0.25) is 0 Å². The summed E-state index contributed by atoms with van der Waals surface area (Å²) in [5.41, 5.74) is 8.76. The predicted molar refractivity (Wildman–Crippen MR) is 199 cm³/mol. The number of para-hydroxylation sites is 3. The SMILES string of the molecule is C/C=C\C=C1\Oc2ccccc2C2=C1CNC(n1c3ccccc3c3ccc4c(c5ccccc5n4-c4cccc5ccccc45)c31)=N2. The van der Waals surface area contributed by atoms with Gasteiger partial charge in [0, 0.05) is 44.6 Å². The first-order valence-corrected chi connectivity index (χ1v) is 16.4. The van der Waals surface area contributed by atoms with Crippen LogP contribution in [0.3, 0.4) is 0 Å². The summed E-state index contributed by atoms with van der Waals surface area (Å²) >= 11 is 0. The molecular formula is C43H30N4O. The minimum Gasteiger partial charge on any atom is -0.456 e. The van der Waals surface area contributed by atoms with E-state index in [-0.39, 0.29) is 0 Å². The van der Waals surface area contributed by atoms with Crippen molar-refractivity contribution in [3.05, 3.63) is 163 Å². The van der Waals surface area contributed by atoms with Crippen molar-refractivity contribution in [1.29, 1.82) is 0 Å². The van der Waals surface area contributed by atoms with Crippen LogP contribution in [0.5, 0.6) is 5.75 Å². The third-order valence-electron chi connectivity index (χ3n) is 9.72. The highest BCUT2D eigenvalue weighted by Crippen LogP contribution is 2.43. The lowest BCUT2D eigenvalue weighted by molar-refractivity contribution is 0.425. The Morgan fingerprint density at radius 2 is 1.40 bits per heavy atom. The lowest BCUT2D eigenvalue weighted by Gasteiger charge is -2.28. The van der Waals surface area contributed by atoms with E-state index in [0.717, 1.165) is 50.9 Å². The highest BCUT2D eigenvalue weighted by molar-refractivity contribution is 6.28. The molecule has 0 saturated heterocycles. The molecule has 2 aromatic heterocycles. The van der Waals surface area contributed by atoms with E-state index in [1.807, 2.05) is 37.3 Å². The van der Waals surface area contributed by atoms with Crippen molar-refractivity contribution in [3.63, 3.8) is 0 Å². The molecule has 0 saturated carbocycles. The number of aliphatic imine (C=N–C) groups is 1. The molecule has 4 heterocycles. The Bertz CT molecular complexity index is 2760. The number of hydrogen-bond donors (Lipinski definition) is 1. The van der Waals surface area contributed by atoms with E-state index in [1.165, 1.54) is 43.5 Å². The summed E-state index contributed by atoms with van der Waals surface area (Å²) < 4.78 is 11.2. The van der Waals surface area contributed by atoms with Gasteiger partial charge in [-0.2, -0.15) is 0 Å². The summed E-state index contributed by atoms with van der Waals surface area (Å²) in [5.74, 6) is 2.44. The number of benzene rings is 6. The van der Waals surface area contributed by atoms with Crippen molar-refractivity contribution in [1.82, 2.24) is 14.5 Å². The van der Waals surface area contributed by atoms with Gasteiger partial charge in [-0.05, 0) is 54.8 Å². The maximum Gasteiger partial charge on any atom is 0.208 e. The summed E-state index contributed by atoms with van der Waals surface area (Å²) in [5, 5.41) is 11.0. The first-order chi connectivity index (χ1) is 23.8. The van der Waals surface area contributed by atoms with Gasteiger partial charge < -0.3 is 14.6 Å². The van der Waals surface area contributed by atoms with E-state index in [1.54, 1.807) is 0 Å². The maximum atomic E-state index is 6.38. The van der Waals surface area contributed by atoms with Crippen molar-refractivity contribution >= 4 is 66.0 Å². The normalized spacial score (nSPS) is 15.4. The molecule has 48 heavy (non-hydrogen) atoms. The number of hydrogen-bond acceptors (Lipinski definition) is 3. The largest absolute Gasteiger partial charge is 0.456 e. The van der Waals surface area contributed by atoms with E-state index in [4.69, 9.17) is 9.73 Å². The monoisotopic (exact) mass is 618 g/mol. The third kappa shape index (κ3) is 3.76. The van der Waals surface area contributed by atoms with E-state index in [0.29, 0.717) is 6.54 Å². The Morgan fingerprint density at radius 3 is 2.27 bits per heavy atom. The van der Waals surface area contributed by atoms with Crippen LogP contribution in [0.25, 0.3) is 65.8 Å².